The summed E-state index contributed by atoms with van der Waals surface area (Å²) in [4.78, 5) is 2.47. The zero-order valence-electron chi connectivity index (χ0n) is 14.7. The predicted octanol–water partition coefficient (Wildman–Crippen LogP) is 3.62. The first-order chi connectivity index (χ1) is 12.2. The number of halogens is 1. The van der Waals surface area contributed by atoms with Gasteiger partial charge in [0.1, 0.15) is 0 Å². The van der Waals surface area contributed by atoms with Crippen LogP contribution < -0.4 is 10.5 Å². The van der Waals surface area contributed by atoms with E-state index in [-0.39, 0.29) is 5.82 Å². The molecule has 0 radical (unpaired) electrons. The molecule has 2 N–H and O–H groups in total. The molecule has 1 heterocycles. The molecule has 0 spiro atoms. The number of ether oxygens (including phenoxy) is 1. The fraction of sp³-hybridized carbons (Fsp3) is 0.429. The van der Waals surface area contributed by atoms with Gasteiger partial charge in [-0.2, -0.15) is 0 Å². The summed E-state index contributed by atoms with van der Waals surface area (Å²) in [6.07, 6.45) is 3.22. The summed E-state index contributed by atoms with van der Waals surface area (Å²) in [6, 6.07) is 15.3. The molecule has 0 bridgehead atoms. The van der Waals surface area contributed by atoms with Gasteiger partial charge in [-0.1, -0.05) is 36.4 Å². The van der Waals surface area contributed by atoms with E-state index in [1.54, 1.807) is 18.2 Å². The van der Waals surface area contributed by atoms with Gasteiger partial charge in [0.15, 0.2) is 11.6 Å². The Labute approximate surface area is 149 Å². The van der Waals surface area contributed by atoms with Crippen LogP contribution in [0.4, 0.5) is 4.39 Å². The summed E-state index contributed by atoms with van der Waals surface area (Å²) in [5.41, 5.74) is 8.29. The van der Waals surface area contributed by atoms with E-state index in [1.807, 2.05) is 0 Å². The molecule has 25 heavy (non-hydrogen) atoms. The molecule has 4 heteroatoms. The minimum atomic E-state index is -0.285. The van der Waals surface area contributed by atoms with E-state index in [0.29, 0.717) is 24.8 Å². The molecule has 3 rings (SSSR count). The first kappa shape index (κ1) is 17.9. The van der Waals surface area contributed by atoms with Crippen LogP contribution in [0.2, 0.25) is 0 Å². The summed E-state index contributed by atoms with van der Waals surface area (Å²) in [6.45, 7) is 4.31. The molecule has 1 atom stereocenters. The van der Waals surface area contributed by atoms with Crippen molar-refractivity contribution in [2.75, 3.05) is 26.2 Å². The van der Waals surface area contributed by atoms with Gasteiger partial charge in [-0.05, 0) is 55.6 Å². The zero-order valence-corrected chi connectivity index (χ0v) is 14.7. The largest absolute Gasteiger partial charge is 0.490 e. The van der Waals surface area contributed by atoms with E-state index in [0.717, 1.165) is 38.9 Å². The highest BCUT2D eigenvalue weighted by Gasteiger charge is 2.21. The van der Waals surface area contributed by atoms with Gasteiger partial charge >= 0.3 is 0 Å². The van der Waals surface area contributed by atoms with Gasteiger partial charge in [0, 0.05) is 19.0 Å². The molecule has 1 aliphatic rings. The molecule has 1 saturated heterocycles. The Morgan fingerprint density at radius 1 is 1.12 bits per heavy atom. The average Bonchev–Trinajstić information content (AvgIpc) is 2.62. The number of hydrogen-bond donors (Lipinski definition) is 1. The minimum Gasteiger partial charge on any atom is -0.490 e. The third-order valence-corrected chi connectivity index (χ3v) is 4.74. The summed E-state index contributed by atoms with van der Waals surface area (Å²) < 4.78 is 19.4. The fourth-order valence-corrected chi connectivity index (χ4v) is 3.51. The lowest BCUT2D eigenvalue weighted by molar-refractivity contribution is 0.123. The number of rotatable bonds is 7. The van der Waals surface area contributed by atoms with Crippen molar-refractivity contribution >= 4 is 0 Å². The molecule has 1 aliphatic heterocycles. The molecule has 2 aromatic rings. The quantitative estimate of drug-likeness (QED) is 0.835. The SMILES string of the molecule is NCCc1cccc(CN2CCCC(COc3ccccc3F)C2)c1. The first-order valence-corrected chi connectivity index (χ1v) is 9.12. The maximum Gasteiger partial charge on any atom is 0.165 e. The Bertz CT molecular complexity index is 676. The third kappa shape index (κ3) is 5.28. The van der Waals surface area contributed by atoms with Gasteiger partial charge in [0.2, 0.25) is 0 Å². The third-order valence-electron chi connectivity index (χ3n) is 4.74. The Morgan fingerprint density at radius 2 is 1.96 bits per heavy atom. The average molecular weight is 342 g/mol. The number of benzene rings is 2. The van der Waals surface area contributed by atoms with E-state index in [4.69, 9.17) is 10.5 Å². The molecule has 0 saturated carbocycles. The first-order valence-electron chi connectivity index (χ1n) is 9.12. The van der Waals surface area contributed by atoms with Crippen molar-refractivity contribution in [1.82, 2.24) is 4.90 Å². The van der Waals surface area contributed by atoms with Gasteiger partial charge in [0.25, 0.3) is 0 Å². The maximum atomic E-state index is 13.7. The van der Waals surface area contributed by atoms with Gasteiger partial charge in [-0.25, -0.2) is 4.39 Å². The molecular formula is C21H27FN2O. The topological polar surface area (TPSA) is 38.5 Å². The number of hydrogen-bond acceptors (Lipinski definition) is 3. The van der Waals surface area contributed by atoms with Crippen LogP contribution in [0, 0.1) is 11.7 Å². The van der Waals surface area contributed by atoms with E-state index in [2.05, 4.69) is 29.2 Å². The van der Waals surface area contributed by atoms with E-state index >= 15 is 0 Å². The molecular weight excluding hydrogens is 315 g/mol. The number of piperidine rings is 1. The summed E-state index contributed by atoms with van der Waals surface area (Å²) >= 11 is 0. The van der Waals surface area contributed by atoms with E-state index in [1.165, 1.54) is 17.2 Å². The Kier molecular flexibility index (Phi) is 6.42. The van der Waals surface area contributed by atoms with Crippen molar-refractivity contribution in [2.45, 2.75) is 25.8 Å². The zero-order chi connectivity index (χ0) is 17.5. The van der Waals surface area contributed by atoms with Gasteiger partial charge in [-0.3, -0.25) is 4.90 Å². The number of likely N-dealkylation sites (tertiary alicyclic amines) is 1. The van der Waals surface area contributed by atoms with Crippen LogP contribution in [0.5, 0.6) is 5.75 Å². The number of para-hydroxylation sites is 1. The summed E-state index contributed by atoms with van der Waals surface area (Å²) in [5, 5.41) is 0. The normalized spacial score (nSPS) is 18.2. The summed E-state index contributed by atoms with van der Waals surface area (Å²) in [5.74, 6) is 0.515. The number of nitrogens with two attached hydrogens (primary N) is 1. The lowest BCUT2D eigenvalue weighted by Gasteiger charge is -2.32. The molecule has 0 amide bonds. The monoisotopic (exact) mass is 342 g/mol. The maximum absolute atomic E-state index is 13.7. The highest BCUT2D eigenvalue weighted by atomic mass is 19.1. The van der Waals surface area contributed by atoms with Crippen molar-refractivity contribution < 1.29 is 9.13 Å². The Hall–Kier alpha value is -1.91. The standard InChI is InChI=1S/C21H27FN2O/c22-20-8-1-2-9-21(20)25-16-19-7-4-12-24(15-19)14-18-6-3-5-17(13-18)10-11-23/h1-3,5-6,8-9,13,19H,4,7,10-12,14-16,23H2. The molecule has 0 aliphatic carbocycles. The Balaban J connectivity index is 1.52. The lowest BCUT2D eigenvalue weighted by Crippen LogP contribution is -2.37. The van der Waals surface area contributed by atoms with Crippen LogP contribution in [-0.2, 0) is 13.0 Å². The Morgan fingerprint density at radius 3 is 2.80 bits per heavy atom. The van der Waals surface area contributed by atoms with Crippen molar-refractivity contribution in [2.24, 2.45) is 11.7 Å². The van der Waals surface area contributed by atoms with Crippen molar-refractivity contribution in [1.29, 1.82) is 0 Å². The molecule has 0 aromatic heterocycles. The van der Waals surface area contributed by atoms with Crippen LogP contribution in [0.3, 0.4) is 0 Å². The highest BCUT2D eigenvalue weighted by molar-refractivity contribution is 5.24. The second-order valence-corrected chi connectivity index (χ2v) is 6.84. The second-order valence-electron chi connectivity index (χ2n) is 6.84. The van der Waals surface area contributed by atoms with Crippen molar-refractivity contribution in [3.63, 3.8) is 0 Å². The van der Waals surface area contributed by atoms with Gasteiger partial charge in [-0.15, -0.1) is 0 Å². The molecule has 2 aromatic carbocycles. The van der Waals surface area contributed by atoms with E-state index in [9.17, 15) is 4.39 Å². The van der Waals surface area contributed by atoms with E-state index < -0.39 is 0 Å². The molecule has 1 fully saturated rings. The van der Waals surface area contributed by atoms with Crippen LogP contribution in [-0.4, -0.2) is 31.1 Å². The minimum absolute atomic E-state index is 0.285. The van der Waals surface area contributed by atoms with Crippen LogP contribution in [0.25, 0.3) is 0 Å². The van der Waals surface area contributed by atoms with Gasteiger partial charge < -0.3 is 10.5 Å². The van der Waals surface area contributed by atoms with Crippen LogP contribution in [0.15, 0.2) is 48.5 Å². The molecule has 134 valence electrons. The predicted molar refractivity (Wildman–Crippen MR) is 99.1 cm³/mol. The second kappa shape index (κ2) is 8.97. The number of nitrogens with zero attached hydrogens (tertiary/aromatic N) is 1. The highest BCUT2D eigenvalue weighted by Crippen LogP contribution is 2.22. The summed E-state index contributed by atoms with van der Waals surface area (Å²) in [7, 11) is 0. The van der Waals surface area contributed by atoms with Gasteiger partial charge in [0.05, 0.1) is 6.61 Å². The van der Waals surface area contributed by atoms with Crippen LogP contribution in [0.1, 0.15) is 24.0 Å². The van der Waals surface area contributed by atoms with Crippen molar-refractivity contribution in [3.8, 4) is 5.75 Å². The molecule has 3 nitrogen and oxygen atoms in total. The molecule has 1 unspecified atom stereocenters. The van der Waals surface area contributed by atoms with Crippen molar-refractivity contribution in [3.05, 3.63) is 65.5 Å². The lowest BCUT2D eigenvalue weighted by atomic mass is 9.98. The van der Waals surface area contributed by atoms with Crippen LogP contribution >= 0.6 is 0 Å². The smallest absolute Gasteiger partial charge is 0.165 e. The fourth-order valence-electron chi connectivity index (χ4n) is 3.51.